The fourth-order valence-electron chi connectivity index (χ4n) is 5.57. The van der Waals surface area contributed by atoms with Crippen molar-refractivity contribution < 1.29 is 23.8 Å². The smallest absolute Gasteiger partial charge is 0.254 e. The zero-order valence-electron chi connectivity index (χ0n) is 26.6. The highest BCUT2D eigenvalue weighted by molar-refractivity contribution is 5.97. The van der Waals surface area contributed by atoms with Crippen LogP contribution in [0.3, 0.4) is 0 Å². The van der Waals surface area contributed by atoms with E-state index in [1.165, 1.54) is 0 Å². The van der Waals surface area contributed by atoms with Gasteiger partial charge in [-0.3, -0.25) is 9.59 Å². The molecule has 1 aromatic rings. The number of carbonyl (C=O) groups is 2. The van der Waals surface area contributed by atoms with Crippen LogP contribution in [0.2, 0.25) is 0 Å². The quantitative estimate of drug-likeness (QED) is 0.158. The average Bonchev–Trinajstić information content (AvgIpc) is 3.72. The molecule has 0 bridgehead atoms. The van der Waals surface area contributed by atoms with Crippen LogP contribution in [0.15, 0.2) is 53.6 Å². The lowest BCUT2D eigenvalue weighted by atomic mass is 9.93. The Morgan fingerprint density at radius 2 is 1.71 bits per heavy atom. The molecule has 42 heavy (non-hydrogen) atoms. The highest BCUT2D eigenvalue weighted by atomic mass is 16.5. The Morgan fingerprint density at radius 3 is 2.33 bits per heavy atom. The minimum Gasteiger partial charge on any atom is -0.385 e. The molecule has 1 saturated heterocycles. The van der Waals surface area contributed by atoms with Crippen molar-refractivity contribution in [3.05, 3.63) is 59.2 Å². The normalized spacial score (nSPS) is 20.2. The number of amides is 2. The number of ether oxygens (including phenoxy) is 3. The molecule has 2 fully saturated rings. The SMILES string of the molecule is COCCCOC/C=C(C(=O)N(C[C@@H]1CNCC1CN(C(=O)Cc1ccccc1)C1CC1)C(C)C)\C(C)=C/C(C)OC. The van der Waals surface area contributed by atoms with Crippen molar-refractivity contribution in [3.8, 4) is 0 Å². The monoisotopic (exact) mass is 583 g/mol. The first kappa shape index (κ1) is 34.0. The van der Waals surface area contributed by atoms with E-state index in [2.05, 4.69) is 24.1 Å². The van der Waals surface area contributed by atoms with Gasteiger partial charge in [0.1, 0.15) is 0 Å². The van der Waals surface area contributed by atoms with Crippen molar-refractivity contribution in [1.29, 1.82) is 0 Å². The Hall–Kier alpha value is -2.52. The molecule has 1 aliphatic carbocycles. The van der Waals surface area contributed by atoms with E-state index in [0.717, 1.165) is 50.0 Å². The summed E-state index contributed by atoms with van der Waals surface area (Å²) < 4.78 is 16.4. The van der Waals surface area contributed by atoms with Crippen molar-refractivity contribution in [2.75, 3.05) is 60.2 Å². The van der Waals surface area contributed by atoms with Gasteiger partial charge in [0.2, 0.25) is 5.91 Å². The van der Waals surface area contributed by atoms with Crippen LogP contribution in [0, 0.1) is 11.8 Å². The second-order valence-corrected chi connectivity index (χ2v) is 12.0. The molecule has 2 aliphatic rings. The number of nitrogens with one attached hydrogen (secondary N) is 1. The lowest BCUT2D eigenvalue weighted by Crippen LogP contribution is -2.45. The van der Waals surface area contributed by atoms with Crippen molar-refractivity contribution >= 4 is 11.8 Å². The minimum atomic E-state index is -0.110. The molecule has 0 aromatic heterocycles. The average molecular weight is 584 g/mol. The van der Waals surface area contributed by atoms with Gasteiger partial charge in [0.25, 0.3) is 5.91 Å². The number of methoxy groups -OCH3 is 2. The molecule has 1 aromatic carbocycles. The standard InChI is InChI=1S/C34H53N3O5/c1-25(2)36(34(39)32(26(3)19-27(4)41-6)15-18-42-17-10-16-40-5)23-29-21-35-22-30(29)24-37(31-13-14-31)33(38)20-28-11-8-7-9-12-28/h7-9,11-12,15,19,25,27,29-31,35H,10,13-14,16-18,20-24H2,1-6H3/b26-19-,32-15+/t27?,29-,30?/m0/s1. The maximum atomic E-state index is 14.1. The molecule has 1 N–H and O–H groups in total. The van der Waals surface area contributed by atoms with Gasteiger partial charge in [-0.1, -0.05) is 36.4 Å². The van der Waals surface area contributed by atoms with Crippen molar-refractivity contribution in [2.24, 2.45) is 11.8 Å². The fraction of sp³-hybridized carbons (Fsp3) is 0.647. The predicted octanol–water partition coefficient (Wildman–Crippen LogP) is 4.25. The molecule has 2 unspecified atom stereocenters. The Kier molecular flexibility index (Phi) is 14.2. The first-order valence-corrected chi connectivity index (χ1v) is 15.6. The number of hydrogen-bond donors (Lipinski definition) is 1. The summed E-state index contributed by atoms with van der Waals surface area (Å²) in [6, 6.07) is 10.4. The van der Waals surface area contributed by atoms with E-state index in [4.69, 9.17) is 14.2 Å². The van der Waals surface area contributed by atoms with Crippen LogP contribution in [0.4, 0.5) is 0 Å². The van der Waals surface area contributed by atoms with Crippen LogP contribution in [0.5, 0.6) is 0 Å². The van der Waals surface area contributed by atoms with Gasteiger partial charge in [0.05, 0.1) is 19.1 Å². The molecule has 2 amide bonds. The second-order valence-electron chi connectivity index (χ2n) is 12.0. The fourth-order valence-corrected chi connectivity index (χ4v) is 5.57. The number of hydrogen-bond acceptors (Lipinski definition) is 6. The molecule has 0 radical (unpaired) electrons. The minimum absolute atomic E-state index is 0.00685. The summed E-state index contributed by atoms with van der Waals surface area (Å²) >= 11 is 0. The molecular weight excluding hydrogens is 530 g/mol. The highest BCUT2D eigenvalue weighted by Crippen LogP contribution is 2.31. The van der Waals surface area contributed by atoms with Gasteiger partial charge in [-0.2, -0.15) is 0 Å². The zero-order valence-corrected chi connectivity index (χ0v) is 26.6. The largest absolute Gasteiger partial charge is 0.385 e. The third-order valence-electron chi connectivity index (χ3n) is 8.29. The third kappa shape index (κ3) is 10.6. The number of carbonyl (C=O) groups excluding carboxylic acids is 2. The van der Waals surface area contributed by atoms with Crippen LogP contribution in [-0.2, 0) is 30.2 Å². The van der Waals surface area contributed by atoms with Crippen molar-refractivity contribution in [2.45, 2.75) is 71.6 Å². The topological polar surface area (TPSA) is 80.3 Å². The van der Waals surface area contributed by atoms with Gasteiger partial charge in [0, 0.05) is 71.3 Å². The lowest BCUT2D eigenvalue weighted by molar-refractivity contribution is -0.133. The van der Waals surface area contributed by atoms with E-state index in [-0.39, 0.29) is 29.9 Å². The Balaban J connectivity index is 1.72. The maximum absolute atomic E-state index is 14.1. The molecule has 234 valence electrons. The summed E-state index contributed by atoms with van der Waals surface area (Å²) in [4.78, 5) is 31.6. The molecule has 1 aliphatic heterocycles. The first-order chi connectivity index (χ1) is 20.2. The third-order valence-corrected chi connectivity index (χ3v) is 8.29. The molecule has 0 spiro atoms. The molecule has 3 rings (SSSR count). The van der Waals surface area contributed by atoms with E-state index in [9.17, 15) is 9.59 Å². The molecular formula is C34H53N3O5. The van der Waals surface area contributed by atoms with Crippen LogP contribution in [-0.4, -0.2) is 100 Å². The summed E-state index contributed by atoms with van der Waals surface area (Å²) in [7, 11) is 3.35. The van der Waals surface area contributed by atoms with Crippen molar-refractivity contribution in [3.63, 3.8) is 0 Å². The van der Waals surface area contributed by atoms with E-state index < -0.39 is 0 Å². The van der Waals surface area contributed by atoms with Crippen LogP contribution < -0.4 is 5.32 Å². The van der Waals surface area contributed by atoms with Gasteiger partial charge < -0.3 is 29.3 Å². The Labute approximate surface area is 253 Å². The summed E-state index contributed by atoms with van der Waals surface area (Å²) in [5.41, 5.74) is 2.59. The van der Waals surface area contributed by atoms with Gasteiger partial charge >= 0.3 is 0 Å². The van der Waals surface area contributed by atoms with Crippen LogP contribution >= 0.6 is 0 Å². The van der Waals surface area contributed by atoms with Crippen LogP contribution in [0.1, 0.15) is 52.5 Å². The summed E-state index contributed by atoms with van der Waals surface area (Å²) in [5, 5.41) is 3.55. The Morgan fingerprint density at radius 1 is 1.02 bits per heavy atom. The second kappa shape index (κ2) is 17.6. The van der Waals surface area contributed by atoms with E-state index >= 15 is 0 Å². The number of benzene rings is 1. The van der Waals surface area contributed by atoms with Gasteiger partial charge in [-0.05, 0) is 76.0 Å². The van der Waals surface area contributed by atoms with E-state index in [1.54, 1.807) is 14.2 Å². The summed E-state index contributed by atoms with van der Waals surface area (Å²) in [6.45, 7) is 12.7. The van der Waals surface area contributed by atoms with Gasteiger partial charge in [-0.15, -0.1) is 0 Å². The summed E-state index contributed by atoms with van der Waals surface area (Å²) in [5.74, 6) is 0.763. The van der Waals surface area contributed by atoms with E-state index in [1.807, 2.05) is 61.2 Å². The highest BCUT2D eigenvalue weighted by Gasteiger charge is 2.38. The molecule has 8 heteroatoms. The van der Waals surface area contributed by atoms with Gasteiger partial charge in [0.15, 0.2) is 0 Å². The Bertz CT molecular complexity index is 1040. The molecule has 1 heterocycles. The molecule has 1 saturated carbocycles. The molecule has 8 nitrogen and oxygen atoms in total. The lowest BCUT2D eigenvalue weighted by Gasteiger charge is -2.34. The summed E-state index contributed by atoms with van der Waals surface area (Å²) in [6.07, 6.45) is 7.18. The van der Waals surface area contributed by atoms with E-state index in [0.29, 0.717) is 50.3 Å². The van der Waals surface area contributed by atoms with Crippen molar-refractivity contribution in [1.82, 2.24) is 15.1 Å². The zero-order chi connectivity index (χ0) is 30.5. The maximum Gasteiger partial charge on any atom is 0.254 e. The number of rotatable bonds is 18. The van der Waals surface area contributed by atoms with Crippen LogP contribution in [0.25, 0.3) is 0 Å². The van der Waals surface area contributed by atoms with Gasteiger partial charge in [-0.25, -0.2) is 0 Å². The predicted molar refractivity (Wildman–Crippen MR) is 167 cm³/mol. The first-order valence-electron chi connectivity index (χ1n) is 15.6. The molecule has 3 atom stereocenters. The number of nitrogens with zero attached hydrogens (tertiary/aromatic N) is 2.